The van der Waals surface area contributed by atoms with Crippen LogP contribution in [0.1, 0.15) is 11.6 Å². The van der Waals surface area contributed by atoms with E-state index in [1.807, 2.05) is 30.3 Å². The maximum atomic E-state index is 12.3. The van der Waals surface area contributed by atoms with Gasteiger partial charge in [0.25, 0.3) is 0 Å². The monoisotopic (exact) mass is 313 g/mol. The lowest BCUT2D eigenvalue weighted by Crippen LogP contribution is -2.18. The summed E-state index contributed by atoms with van der Waals surface area (Å²) in [5.41, 5.74) is 7.01. The van der Waals surface area contributed by atoms with Crippen molar-refractivity contribution in [2.24, 2.45) is 5.73 Å². The molecule has 0 saturated heterocycles. The van der Waals surface area contributed by atoms with E-state index in [1.165, 1.54) is 0 Å². The molecule has 2 aromatic rings. The molecule has 100 valence electrons. The van der Waals surface area contributed by atoms with Gasteiger partial charge in [0.1, 0.15) is 0 Å². The highest BCUT2D eigenvalue weighted by Crippen LogP contribution is 2.25. The van der Waals surface area contributed by atoms with Crippen LogP contribution in [0.25, 0.3) is 0 Å². The summed E-state index contributed by atoms with van der Waals surface area (Å²) in [5.74, 6) is 0.310. The Labute approximate surface area is 125 Å². The standard InChI is InChI=1S/C14H13Cl2NOS/c15-11-6-7-12(16)14(8-11)19(18)9-13(17)10-4-2-1-3-5-10/h1-8,13H,9,17H2. The Bertz CT molecular complexity index is 589. The molecule has 0 aliphatic carbocycles. The Balaban J connectivity index is 2.15. The SMILES string of the molecule is NC(CS(=O)c1cc(Cl)ccc1Cl)c1ccccc1. The van der Waals surface area contributed by atoms with Crippen molar-refractivity contribution in [3.05, 3.63) is 64.1 Å². The molecule has 0 aromatic heterocycles. The van der Waals surface area contributed by atoms with Gasteiger partial charge in [0.15, 0.2) is 0 Å². The normalized spacial score (nSPS) is 14.1. The van der Waals surface area contributed by atoms with Gasteiger partial charge in [0.05, 0.1) is 20.7 Å². The quantitative estimate of drug-likeness (QED) is 0.933. The van der Waals surface area contributed by atoms with Crippen LogP contribution in [-0.4, -0.2) is 9.96 Å². The van der Waals surface area contributed by atoms with Gasteiger partial charge in [-0.15, -0.1) is 0 Å². The van der Waals surface area contributed by atoms with Gasteiger partial charge < -0.3 is 5.73 Å². The van der Waals surface area contributed by atoms with Crippen molar-refractivity contribution in [3.8, 4) is 0 Å². The molecule has 2 rings (SSSR count). The summed E-state index contributed by atoms with van der Waals surface area (Å²) < 4.78 is 12.3. The number of benzene rings is 2. The fraction of sp³-hybridized carbons (Fsp3) is 0.143. The van der Waals surface area contributed by atoms with Crippen molar-refractivity contribution in [1.29, 1.82) is 0 Å². The van der Waals surface area contributed by atoms with Crippen molar-refractivity contribution in [1.82, 2.24) is 0 Å². The van der Waals surface area contributed by atoms with Crippen LogP contribution in [0.5, 0.6) is 0 Å². The topological polar surface area (TPSA) is 43.1 Å². The van der Waals surface area contributed by atoms with E-state index in [0.717, 1.165) is 5.56 Å². The molecule has 0 fully saturated rings. The Kier molecular flexibility index (Phi) is 4.99. The first kappa shape index (κ1) is 14.5. The molecule has 2 nitrogen and oxygen atoms in total. The average Bonchev–Trinajstić information content (AvgIpc) is 2.42. The predicted molar refractivity (Wildman–Crippen MR) is 81.1 cm³/mol. The number of hydrogen-bond acceptors (Lipinski definition) is 2. The van der Waals surface area contributed by atoms with Gasteiger partial charge in [0, 0.05) is 16.8 Å². The van der Waals surface area contributed by atoms with E-state index in [2.05, 4.69) is 0 Å². The van der Waals surface area contributed by atoms with E-state index in [9.17, 15) is 4.21 Å². The molecule has 0 radical (unpaired) electrons. The maximum Gasteiger partial charge on any atom is 0.0589 e. The summed E-state index contributed by atoms with van der Waals surface area (Å²) in [4.78, 5) is 0.528. The van der Waals surface area contributed by atoms with Crippen molar-refractivity contribution < 1.29 is 4.21 Å². The van der Waals surface area contributed by atoms with E-state index in [-0.39, 0.29) is 6.04 Å². The van der Waals surface area contributed by atoms with E-state index in [0.29, 0.717) is 20.7 Å². The summed E-state index contributed by atoms with van der Waals surface area (Å²) in [7, 11) is -1.28. The second-order valence-corrected chi connectivity index (χ2v) is 6.41. The molecule has 2 atom stereocenters. The first-order valence-electron chi connectivity index (χ1n) is 5.72. The molecular formula is C14H13Cl2NOS. The van der Waals surface area contributed by atoms with E-state index >= 15 is 0 Å². The lowest BCUT2D eigenvalue weighted by atomic mass is 10.1. The molecule has 19 heavy (non-hydrogen) atoms. The molecule has 2 unspecified atom stereocenters. The Morgan fingerprint density at radius 3 is 2.47 bits per heavy atom. The molecule has 0 aliphatic heterocycles. The minimum Gasteiger partial charge on any atom is -0.323 e. The Hall–Kier alpha value is -0.870. The lowest BCUT2D eigenvalue weighted by Gasteiger charge is -2.12. The van der Waals surface area contributed by atoms with Crippen LogP contribution in [0.15, 0.2) is 53.4 Å². The van der Waals surface area contributed by atoms with E-state index in [4.69, 9.17) is 28.9 Å². The zero-order valence-corrected chi connectivity index (χ0v) is 12.4. The summed E-state index contributed by atoms with van der Waals surface area (Å²) in [6.07, 6.45) is 0. The molecule has 0 aliphatic rings. The van der Waals surface area contributed by atoms with Gasteiger partial charge in [-0.2, -0.15) is 0 Å². The number of rotatable bonds is 4. The molecule has 0 spiro atoms. The second kappa shape index (κ2) is 6.53. The van der Waals surface area contributed by atoms with Gasteiger partial charge >= 0.3 is 0 Å². The van der Waals surface area contributed by atoms with Crippen molar-refractivity contribution in [2.45, 2.75) is 10.9 Å². The van der Waals surface area contributed by atoms with E-state index in [1.54, 1.807) is 18.2 Å². The highest BCUT2D eigenvalue weighted by molar-refractivity contribution is 7.85. The van der Waals surface area contributed by atoms with Gasteiger partial charge in [-0.1, -0.05) is 53.5 Å². The zero-order chi connectivity index (χ0) is 13.8. The smallest absolute Gasteiger partial charge is 0.0589 e. The summed E-state index contributed by atoms with van der Waals surface area (Å²) in [5, 5.41) is 0.962. The molecule has 2 aromatic carbocycles. The van der Waals surface area contributed by atoms with Crippen LogP contribution in [0.2, 0.25) is 10.0 Å². The number of nitrogens with two attached hydrogens (primary N) is 1. The lowest BCUT2D eigenvalue weighted by molar-refractivity contribution is 0.675. The van der Waals surface area contributed by atoms with Gasteiger partial charge in [-0.3, -0.25) is 4.21 Å². The molecule has 0 heterocycles. The predicted octanol–water partition coefficient (Wildman–Crippen LogP) is 3.80. The highest BCUT2D eigenvalue weighted by atomic mass is 35.5. The van der Waals surface area contributed by atoms with Crippen molar-refractivity contribution >= 4 is 34.0 Å². The van der Waals surface area contributed by atoms with Crippen LogP contribution in [0.4, 0.5) is 0 Å². The number of hydrogen-bond donors (Lipinski definition) is 1. The molecule has 0 amide bonds. The highest BCUT2D eigenvalue weighted by Gasteiger charge is 2.14. The Morgan fingerprint density at radius 1 is 1.11 bits per heavy atom. The van der Waals surface area contributed by atoms with Gasteiger partial charge in [-0.05, 0) is 23.8 Å². The van der Waals surface area contributed by atoms with Gasteiger partial charge in [0.2, 0.25) is 0 Å². The zero-order valence-electron chi connectivity index (χ0n) is 10.1. The number of halogens is 2. The third-order valence-corrected chi connectivity index (χ3v) is 4.86. The van der Waals surface area contributed by atoms with Gasteiger partial charge in [-0.25, -0.2) is 0 Å². The third-order valence-electron chi connectivity index (χ3n) is 2.70. The fourth-order valence-corrected chi connectivity index (χ4v) is 3.56. The first-order valence-corrected chi connectivity index (χ1v) is 7.79. The van der Waals surface area contributed by atoms with Crippen molar-refractivity contribution in [3.63, 3.8) is 0 Å². The largest absolute Gasteiger partial charge is 0.323 e. The minimum atomic E-state index is -1.28. The van der Waals surface area contributed by atoms with Crippen LogP contribution in [0, 0.1) is 0 Å². The van der Waals surface area contributed by atoms with Crippen LogP contribution < -0.4 is 5.73 Å². The third kappa shape index (κ3) is 3.80. The molecule has 0 saturated carbocycles. The van der Waals surface area contributed by atoms with Crippen LogP contribution in [-0.2, 0) is 10.8 Å². The molecule has 5 heteroatoms. The molecule has 0 bridgehead atoms. The van der Waals surface area contributed by atoms with Crippen LogP contribution in [0.3, 0.4) is 0 Å². The van der Waals surface area contributed by atoms with E-state index < -0.39 is 10.8 Å². The summed E-state index contributed by atoms with van der Waals surface area (Å²) in [6.45, 7) is 0. The van der Waals surface area contributed by atoms with Crippen LogP contribution >= 0.6 is 23.2 Å². The van der Waals surface area contributed by atoms with Crippen molar-refractivity contribution in [2.75, 3.05) is 5.75 Å². The Morgan fingerprint density at radius 2 is 1.79 bits per heavy atom. The fourth-order valence-electron chi connectivity index (χ4n) is 1.70. The summed E-state index contributed by atoms with van der Waals surface area (Å²) >= 11 is 11.9. The maximum absolute atomic E-state index is 12.3. The first-order chi connectivity index (χ1) is 9.08. The second-order valence-electron chi connectivity index (χ2n) is 4.10. The molecule has 2 N–H and O–H groups in total. The average molecular weight is 314 g/mol. The molecular weight excluding hydrogens is 301 g/mol. The minimum absolute atomic E-state index is 0.294. The summed E-state index contributed by atoms with van der Waals surface area (Å²) in [6, 6.07) is 14.2.